The van der Waals surface area contributed by atoms with Crippen LogP contribution in [-0.2, 0) is 4.79 Å². The number of hydrogen-bond donors (Lipinski definition) is 0. The van der Waals surface area contributed by atoms with E-state index in [4.69, 9.17) is 0 Å². The molecule has 1 amide bonds. The summed E-state index contributed by atoms with van der Waals surface area (Å²) in [6, 6.07) is 0.477. The van der Waals surface area contributed by atoms with Crippen LogP contribution in [0.5, 0.6) is 0 Å². The van der Waals surface area contributed by atoms with Gasteiger partial charge in [-0.2, -0.15) is 0 Å². The summed E-state index contributed by atoms with van der Waals surface area (Å²) in [5.41, 5.74) is 0. The average Bonchev–Trinajstić information content (AvgIpc) is 2.27. The molecule has 0 N–H and O–H groups in total. The fourth-order valence-electron chi connectivity index (χ4n) is 2.13. The Morgan fingerprint density at radius 3 is 2.27 bits per heavy atom. The first-order chi connectivity index (χ1) is 7.04. The van der Waals surface area contributed by atoms with Gasteiger partial charge in [-0.3, -0.25) is 4.79 Å². The number of halogens is 1. The third kappa shape index (κ3) is 3.47. The van der Waals surface area contributed by atoms with Crippen LogP contribution in [0.1, 0.15) is 46.0 Å². The first-order valence-electron chi connectivity index (χ1n) is 5.94. The van der Waals surface area contributed by atoms with Gasteiger partial charge >= 0.3 is 0 Å². The molecule has 0 aliphatic heterocycles. The number of carbonyl (C=O) groups excluding carboxylic acids is 1. The molecule has 1 atom stereocenters. The molecule has 0 bridgehead atoms. The van der Waals surface area contributed by atoms with Crippen molar-refractivity contribution in [3.63, 3.8) is 0 Å². The van der Waals surface area contributed by atoms with Crippen LogP contribution < -0.4 is 0 Å². The van der Waals surface area contributed by atoms with E-state index in [9.17, 15) is 4.79 Å². The lowest BCUT2D eigenvalue weighted by atomic mass is 9.94. The van der Waals surface area contributed by atoms with Crippen molar-refractivity contribution in [2.45, 2.75) is 56.8 Å². The largest absolute Gasteiger partial charge is 0.342 e. The molecule has 3 heteroatoms. The number of rotatable bonds is 3. The molecule has 0 aromatic carbocycles. The molecule has 1 aliphatic rings. The molecule has 0 aromatic rings. The Hall–Kier alpha value is -0.0500. The summed E-state index contributed by atoms with van der Waals surface area (Å²) in [6.45, 7) is 4.15. The normalized spacial score (nSPS) is 20.3. The van der Waals surface area contributed by atoms with Gasteiger partial charge in [-0.15, -0.1) is 0 Å². The minimum absolute atomic E-state index is 0.0237. The third-order valence-electron chi connectivity index (χ3n) is 3.29. The Labute approximate surface area is 102 Å². The molecule has 88 valence electrons. The maximum atomic E-state index is 12.1. The van der Waals surface area contributed by atoms with Gasteiger partial charge in [0.05, 0.1) is 4.83 Å². The summed E-state index contributed by atoms with van der Waals surface area (Å²) in [5.74, 6) is 0.612. The first kappa shape index (κ1) is 13.0. The zero-order valence-electron chi connectivity index (χ0n) is 10.0. The van der Waals surface area contributed by atoms with Crippen LogP contribution in [0.3, 0.4) is 0 Å². The van der Waals surface area contributed by atoms with Crippen molar-refractivity contribution in [1.82, 2.24) is 4.90 Å². The van der Waals surface area contributed by atoms with Crippen LogP contribution in [0.2, 0.25) is 0 Å². The quantitative estimate of drug-likeness (QED) is 0.725. The van der Waals surface area contributed by atoms with Gasteiger partial charge in [0.2, 0.25) is 5.91 Å². The second-order valence-electron chi connectivity index (χ2n) is 4.89. The summed E-state index contributed by atoms with van der Waals surface area (Å²) in [7, 11) is 1.95. The van der Waals surface area contributed by atoms with Crippen LogP contribution in [0, 0.1) is 5.92 Å². The first-order valence-corrected chi connectivity index (χ1v) is 6.86. The number of alkyl halides is 1. The lowest BCUT2D eigenvalue weighted by Crippen LogP contribution is -2.43. The van der Waals surface area contributed by atoms with E-state index in [0.29, 0.717) is 12.0 Å². The zero-order valence-corrected chi connectivity index (χ0v) is 11.6. The minimum atomic E-state index is -0.0237. The molecule has 1 saturated carbocycles. The van der Waals surface area contributed by atoms with Crippen molar-refractivity contribution in [3.8, 4) is 0 Å². The fourth-order valence-corrected chi connectivity index (χ4v) is 2.45. The average molecular weight is 276 g/mol. The van der Waals surface area contributed by atoms with E-state index in [1.165, 1.54) is 32.1 Å². The molecular formula is C12H22BrNO. The second kappa shape index (κ2) is 5.88. The lowest BCUT2D eigenvalue weighted by molar-refractivity contribution is -0.132. The van der Waals surface area contributed by atoms with Gasteiger partial charge in [0.25, 0.3) is 0 Å². The molecule has 1 rings (SSSR count). The van der Waals surface area contributed by atoms with Gasteiger partial charge in [0.1, 0.15) is 0 Å². The van der Waals surface area contributed by atoms with Gasteiger partial charge in [-0.1, -0.05) is 49.0 Å². The van der Waals surface area contributed by atoms with E-state index < -0.39 is 0 Å². The van der Waals surface area contributed by atoms with Gasteiger partial charge in [0, 0.05) is 13.1 Å². The summed E-state index contributed by atoms with van der Waals surface area (Å²) < 4.78 is 0. The Morgan fingerprint density at radius 1 is 1.27 bits per heavy atom. The van der Waals surface area contributed by atoms with Crippen molar-refractivity contribution < 1.29 is 4.79 Å². The van der Waals surface area contributed by atoms with Gasteiger partial charge in [0.15, 0.2) is 0 Å². The highest BCUT2D eigenvalue weighted by atomic mass is 79.9. The molecule has 1 aliphatic carbocycles. The second-order valence-corrected chi connectivity index (χ2v) is 5.87. The third-order valence-corrected chi connectivity index (χ3v) is 4.74. The SMILES string of the molecule is CC(C)[C@@H](Br)C(=O)N(C)C1CCCCC1. The van der Waals surface area contributed by atoms with Crippen molar-refractivity contribution in [1.29, 1.82) is 0 Å². The molecule has 0 saturated heterocycles. The maximum Gasteiger partial charge on any atom is 0.236 e. The molecule has 0 heterocycles. The maximum absolute atomic E-state index is 12.1. The zero-order chi connectivity index (χ0) is 11.4. The van der Waals surface area contributed by atoms with Crippen molar-refractivity contribution >= 4 is 21.8 Å². The molecule has 0 unspecified atom stereocenters. The summed E-state index contributed by atoms with van der Waals surface area (Å²) in [5, 5.41) is 0. The highest BCUT2D eigenvalue weighted by Gasteiger charge is 2.27. The monoisotopic (exact) mass is 275 g/mol. The van der Waals surface area contributed by atoms with E-state index in [2.05, 4.69) is 29.8 Å². The summed E-state index contributed by atoms with van der Waals surface area (Å²) in [4.78, 5) is 14.0. The summed E-state index contributed by atoms with van der Waals surface area (Å²) >= 11 is 3.48. The predicted octanol–water partition coefficient (Wildman–Crippen LogP) is 3.20. The van der Waals surface area contributed by atoms with Crippen LogP contribution in [0.25, 0.3) is 0 Å². The van der Waals surface area contributed by atoms with E-state index in [-0.39, 0.29) is 10.7 Å². The van der Waals surface area contributed by atoms with E-state index in [1.807, 2.05) is 11.9 Å². The van der Waals surface area contributed by atoms with E-state index in [1.54, 1.807) is 0 Å². The molecule has 0 spiro atoms. The molecule has 0 aromatic heterocycles. The molecule has 15 heavy (non-hydrogen) atoms. The molecule has 1 fully saturated rings. The highest BCUT2D eigenvalue weighted by molar-refractivity contribution is 9.10. The van der Waals surface area contributed by atoms with Crippen molar-refractivity contribution in [2.24, 2.45) is 5.92 Å². The van der Waals surface area contributed by atoms with Gasteiger partial charge in [-0.25, -0.2) is 0 Å². The molecular weight excluding hydrogens is 254 g/mol. The predicted molar refractivity (Wildman–Crippen MR) is 67.2 cm³/mol. The van der Waals surface area contributed by atoms with E-state index in [0.717, 1.165) is 0 Å². The minimum Gasteiger partial charge on any atom is -0.342 e. The van der Waals surface area contributed by atoms with Gasteiger partial charge in [-0.05, 0) is 18.8 Å². The smallest absolute Gasteiger partial charge is 0.236 e. The Balaban J connectivity index is 2.50. The number of nitrogens with zero attached hydrogens (tertiary/aromatic N) is 1. The van der Waals surface area contributed by atoms with Crippen LogP contribution in [-0.4, -0.2) is 28.7 Å². The lowest BCUT2D eigenvalue weighted by Gasteiger charge is -2.33. The number of hydrogen-bond acceptors (Lipinski definition) is 1. The fraction of sp³-hybridized carbons (Fsp3) is 0.917. The van der Waals surface area contributed by atoms with E-state index >= 15 is 0 Å². The Morgan fingerprint density at radius 2 is 1.80 bits per heavy atom. The number of carbonyl (C=O) groups is 1. The van der Waals surface area contributed by atoms with Crippen LogP contribution in [0.15, 0.2) is 0 Å². The topological polar surface area (TPSA) is 20.3 Å². The van der Waals surface area contributed by atoms with Crippen LogP contribution >= 0.6 is 15.9 Å². The van der Waals surface area contributed by atoms with Gasteiger partial charge < -0.3 is 4.90 Å². The van der Waals surface area contributed by atoms with Crippen molar-refractivity contribution in [2.75, 3.05) is 7.05 Å². The van der Waals surface area contributed by atoms with Crippen LogP contribution in [0.4, 0.5) is 0 Å². The molecule has 2 nitrogen and oxygen atoms in total. The van der Waals surface area contributed by atoms with Crippen molar-refractivity contribution in [3.05, 3.63) is 0 Å². The standard InChI is InChI=1S/C12H22BrNO/c1-9(2)11(13)12(15)14(3)10-7-5-4-6-8-10/h9-11H,4-8H2,1-3H3/t11-/m1/s1. The molecule has 0 radical (unpaired) electrons. The number of amides is 1. The Kier molecular flexibility index (Phi) is 5.10. The highest BCUT2D eigenvalue weighted by Crippen LogP contribution is 2.24. The Bertz CT molecular complexity index is 212. The summed E-state index contributed by atoms with van der Waals surface area (Å²) in [6.07, 6.45) is 6.24.